The molecule has 0 spiro atoms. The molecule has 1 rings (SSSR count). The predicted octanol–water partition coefficient (Wildman–Crippen LogP) is 1.78. The lowest BCUT2D eigenvalue weighted by Gasteiger charge is -2.10. The summed E-state index contributed by atoms with van der Waals surface area (Å²) in [6, 6.07) is 0. The van der Waals surface area contributed by atoms with E-state index < -0.39 is 24.4 Å². The Morgan fingerprint density at radius 1 is 1.46 bits per heavy atom. The first-order valence-corrected chi connectivity index (χ1v) is 3.80. The van der Waals surface area contributed by atoms with Crippen LogP contribution < -0.4 is 0 Å². The number of hydrogen-bond donors (Lipinski definition) is 1. The van der Waals surface area contributed by atoms with E-state index >= 15 is 0 Å². The van der Waals surface area contributed by atoms with Crippen LogP contribution in [-0.2, 0) is 9.53 Å². The Morgan fingerprint density at radius 2 is 2.00 bits per heavy atom. The molecule has 13 heavy (non-hydrogen) atoms. The van der Waals surface area contributed by atoms with Crippen LogP contribution in [0.25, 0.3) is 0 Å². The Bertz CT molecular complexity index is 208. The molecule has 0 amide bonds. The van der Waals surface area contributed by atoms with Crippen LogP contribution in [0.3, 0.4) is 0 Å². The third-order valence-electron chi connectivity index (χ3n) is 2.15. The number of rotatable bonds is 4. The molecule has 3 nitrogen and oxygen atoms in total. The molecule has 1 fully saturated rings. The third-order valence-corrected chi connectivity index (χ3v) is 2.15. The van der Waals surface area contributed by atoms with E-state index in [1.54, 1.807) is 0 Å². The van der Waals surface area contributed by atoms with Gasteiger partial charge in [-0.3, -0.25) is 9.53 Å². The summed E-state index contributed by atoms with van der Waals surface area (Å²) in [4.78, 5) is 10.5. The number of carbonyl (C=O) groups is 1. The average molecular weight is 198 g/mol. The molecule has 0 radical (unpaired) electrons. The summed E-state index contributed by atoms with van der Waals surface area (Å²) in [5.74, 6) is -1.03. The molecule has 0 heterocycles. The van der Waals surface area contributed by atoms with Crippen molar-refractivity contribution in [2.75, 3.05) is 6.61 Å². The highest BCUT2D eigenvalue weighted by Gasteiger charge is 2.50. The third kappa shape index (κ3) is 2.87. The molecular formula is C7H9F3O3. The van der Waals surface area contributed by atoms with Gasteiger partial charge in [-0.25, -0.2) is 0 Å². The van der Waals surface area contributed by atoms with Crippen LogP contribution in [0.15, 0.2) is 0 Å². The molecule has 0 atom stereocenters. The molecule has 0 aromatic heterocycles. The van der Waals surface area contributed by atoms with Crippen molar-refractivity contribution in [3.05, 3.63) is 0 Å². The van der Waals surface area contributed by atoms with Gasteiger partial charge >= 0.3 is 12.3 Å². The maximum absolute atomic E-state index is 11.5. The van der Waals surface area contributed by atoms with Gasteiger partial charge in [-0.05, 0) is 19.3 Å². The van der Waals surface area contributed by atoms with Gasteiger partial charge in [-0.1, -0.05) is 0 Å². The summed E-state index contributed by atoms with van der Waals surface area (Å²) >= 11 is 0. The van der Waals surface area contributed by atoms with Gasteiger partial charge in [0, 0.05) is 0 Å². The monoisotopic (exact) mass is 198 g/mol. The molecule has 1 N–H and O–H groups in total. The summed E-state index contributed by atoms with van der Waals surface area (Å²) in [6.07, 6.45) is -3.83. The Kier molecular flexibility index (Phi) is 2.51. The van der Waals surface area contributed by atoms with Gasteiger partial charge < -0.3 is 5.11 Å². The van der Waals surface area contributed by atoms with Crippen molar-refractivity contribution in [1.29, 1.82) is 0 Å². The molecule has 0 aromatic carbocycles. The van der Waals surface area contributed by atoms with Crippen LogP contribution in [-0.4, -0.2) is 24.0 Å². The minimum absolute atomic E-state index is 0.0676. The molecule has 1 saturated carbocycles. The highest BCUT2D eigenvalue weighted by atomic mass is 19.4. The Balaban J connectivity index is 2.24. The number of hydrogen-bond acceptors (Lipinski definition) is 2. The maximum atomic E-state index is 11.5. The zero-order valence-electron chi connectivity index (χ0n) is 6.73. The van der Waals surface area contributed by atoms with E-state index in [1.807, 2.05) is 0 Å². The lowest BCUT2D eigenvalue weighted by atomic mass is 10.0. The molecule has 1 aliphatic rings. The summed E-state index contributed by atoms with van der Waals surface area (Å²) < 4.78 is 37.9. The highest BCUT2D eigenvalue weighted by Crippen LogP contribution is 2.49. The zero-order valence-corrected chi connectivity index (χ0v) is 6.73. The number of alkyl halides is 3. The fourth-order valence-electron chi connectivity index (χ4n) is 1.08. The van der Waals surface area contributed by atoms with Crippen molar-refractivity contribution < 1.29 is 27.8 Å². The standard InChI is InChI=1S/C7H9F3O3/c8-7(9,10)13-4-3-6(1-2-6)5(11)12/h1-4H2,(H,11,12). The summed E-state index contributed by atoms with van der Waals surface area (Å²) in [7, 11) is 0. The van der Waals surface area contributed by atoms with Crippen LogP contribution in [0.1, 0.15) is 19.3 Å². The number of aliphatic carboxylic acids is 1. The molecule has 0 bridgehead atoms. The first kappa shape index (κ1) is 10.3. The predicted molar refractivity (Wildman–Crippen MR) is 35.9 cm³/mol. The van der Waals surface area contributed by atoms with Gasteiger partial charge in [0.05, 0.1) is 12.0 Å². The van der Waals surface area contributed by atoms with E-state index in [4.69, 9.17) is 5.11 Å². The van der Waals surface area contributed by atoms with Gasteiger partial charge in [-0.15, -0.1) is 13.2 Å². The fraction of sp³-hybridized carbons (Fsp3) is 0.857. The van der Waals surface area contributed by atoms with Gasteiger partial charge in [0.15, 0.2) is 0 Å². The normalized spacial score (nSPS) is 19.9. The summed E-state index contributed by atoms with van der Waals surface area (Å²) in [5.41, 5.74) is -0.939. The molecule has 76 valence electrons. The van der Waals surface area contributed by atoms with Crippen LogP contribution in [0.4, 0.5) is 13.2 Å². The molecule has 0 aliphatic heterocycles. The number of carboxylic acid groups (broad SMARTS) is 1. The van der Waals surface area contributed by atoms with Crippen LogP contribution in [0.5, 0.6) is 0 Å². The minimum atomic E-state index is -4.66. The van der Waals surface area contributed by atoms with Crippen molar-refractivity contribution in [3.63, 3.8) is 0 Å². The molecular weight excluding hydrogens is 189 g/mol. The van der Waals surface area contributed by atoms with Gasteiger partial charge in [0.1, 0.15) is 0 Å². The second-order valence-corrected chi connectivity index (χ2v) is 3.13. The highest BCUT2D eigenvalue weighted by molar-refractivity contribution is 5.77. The average Bonchev–Trinajstić information content (AvgIpc) is 2.65. The first-order valence-electron chi connectivity index (χ1n) is 3.80. The lowest BCUT2D eigenvalue weighted by molar-refractivity contribution is -0.325. The van der Waals surface area contributed by atoms with Crippen LogP contribution >= 0.6 is 0 Å². The lowest BCUT2D eigenvalue weighted by Crippen LogP contribution is -2.21. The zero-order chi connectivity index (χ0) is 10.1. The molecule has 0 unspecified atom stereocenters. The SMILES string of the molecule is O=C(O)C1(CCOC(F)(F)F)CC1. The van der Waals surface area contributed by atoms with E-state index in [9.17, 15) is 18.0 Å². The van der Waals surface area contributed by atoms with Crippen molar-refractivity contribution in [3.8, 4) is 0 Å². The molecule has 1 aliphatic carbocycles. The fourth-order valence-corrected chi connectivity index (χ4v) is 1.08. The maximum Gasteiger partial charge on any atom is 0.522 e. The minimum Gasteiger partial charge on any atom is -0.481 e. The summed E-state index contributed by atoms with van der Waals surface area (Å²) in [5, 5.41) is 8.60. The van der Waals surface area contributed by atoms with Crippen molar-refractivity contribution in [1.82, 2.24) is 0 Å². The summed E-state index contributed by atoms with van der Waals surface area (Å²) in [6.45, 7) is -0.574. The van der Waals surface area contributed by atoms with E-state index in [0.29, 0.717) is 12.8 Å². The quantitative estimate of drug-likeness (QED) is 0.748. The Morgan fingerprint density at radius 3 is 2.31 bits per heavy atom. The van der Waals surface area contributed by atoms with Gasteiger partial charge in [-0.2, -0.15) is 0 Å². The van der Waals surface area contributed by atoms with Crippen molar-refractivity contribution >= 4 is 5.97 Å². The first-order chi connectivity index (χ1) is 5.86. The van der Waals surface area contributed by atoms with Crippen LogP contribution in [0, 0.1) is 5.41 Å². The Labute approximate surface area is 72.5 Å². The van der Waals surface area contributed by atoms with E-state index in [-0.39, 0.29) is 6.42 Å². The molecule has 0 aromatic rings. The van der Waals surface area contributed by atoms with E-state index in [1.165, 1.54) is 0 Å². The Hall–Kier alpha value is -0.780. The molecule has 6 heteroatoms. The van der Waals surface area contributed by atoms with Gasteiger partial charge in [0.25, 0.3) is 0 Å². The largest absolute Gasteiger partial charge is 0.522 e. The van der Waals surface area contributed by atoms with E-state index in [2.05, 4.69) is 4.74 Å². The molecule has 0 saturated heterocycles. The smallest absolute Gasteiger partial charge is 0.481 e. The van der Waals surface area contributed by atoms with Crippen molar-refractivity contribution in [2.24, 2.45) is 5.41 Å². The van der Waals surface area contributed by atoms with E-state index in [0.717, 1.165) is 0 Å². The number of halogens is 3. The second kappa shape index (κ2) is 3.17. The number of carboxylic acids is 1. The van der Waals surface area contributed by atoms with Gasteiger partial charge in [0.2, 0.25) is 0 Å². The topological polar surface area (TPSA) is 46.5 Å². The second-order valence-electron chi connectivity index (χ2n) is 3.13. The number of ether oxygens (including phenoxy) is 1. The van der Waals surface area contributed by atoms with Crippen LogP contribution in [0.2, 0.25) is 0 Å². The van der Waals surface area contributed by atoms with Crippen molar-refractivity contribution in [2.45, 2.75) is 25.6 Å².